The largest absolute Gasteiger partial charge is 0.486 e. The van der Waals surface area contributed by atoms with Crippen molar-refractivity contribution in [2.24, 2.45) is 0 Å². The van der Waals surface area contributed by atoms with Crippen LogP contribution in [0.5, 0.6) is 11.5 Å². The quantitative estimate of drug-likeness (QED) is 0.683. The summed E-state index contributed by atoms with van der Waals surface area (Å²) in [6.07, 6.45) is 1.60. The first kappa shape index (κ1) is 18.8. The Hall–Kier alpha value is -1.50. The number of ether oxygens (including phenoxy) is 3. The predicted octanol–water partition coefficient (Wildman–Crippen LogP) is 1.74. The van der Waals surface area contributed by atoms with Crippen molar-refractivity contribution in [2.75, 3.05) is 53.6 Å². The number of nitrogens with one attached hydrogen (secondary N) is 1. The number of rotatable bonds is 9. The highest BCUT2D eigenvalue weighted by Gasteiger charge is 2.16. The first-order valence-electron chi connectivity index (χ1n) is 8.12. The number of hydrogen-bond acceptors (Lipinski definition) is 5. The third kappa shape index (κ3) is 5.85. The molecule has 0 saturated heterocycles. The number of methoxy groups -OCH3 is 1. The Balaban J connectivity index is 1.73. The first-order valence-corrected chi connectivity index (χ1v) is 8.50. The van der Waals surface area contributed by atoms with Gasteiger partial charge in [0.1, 0.15) is 13.2 Å². The maximum absolute atomic E-state index is 11.9. The second-order valence-corrected chi connectivity index (χ2v) is 6.19. The number of halogens is 1. The molecule has 1 amide bonds. The molecule has 1 aliphatic heterocycles. The molecular formula is C17H25ClN2O4. The van der Waals surface area contributed by atoms with Gasteiger partial charge in [-0.05, 0) is 37.6 Å². The van der Waals surface area contributed by atoms with Crippen LogP contribution in [0, 0.1) is 0 Å². The van der Waals surface area contributed by atoms with E-state index >= 15 is 0 Å². The summed E-state index contributed by atoms with van der Waals surface area (Å²) in [5, 5.41) is 3.47. The first-order chi connectivity index (χ1) is 11.6. The van der Waals surface area contributed by atoms with E-state index in [1.165, 1.54) is 0 Å². The highest BCUT2D eigenvalue weighted by atomic mass is 35.5. The second-order valence-electron chi connectivity index (χ2n) is 5.79. The summed E-state index contributed by atoms with van der Waals surface area (Å²) < 4.78 is 16.1. The van der Waals surface area contributed by atoms with Crippen LogP contribution >= 0.6 is 11.6 Å². The van der Waals surface area contributed by atoms with E-state index in [9.17, 15) is 4.79 Å². The molecule has 2 rings (SSSR count). The standard InChI is InChI=1S/C17H25ClN2O4/c1-20(6-3-7-22-2)12-16(21)19-5-4-13-10-14(18)17-15(11-13)23-8-9-24-17/h10-11H,3-9,12H2,1-2H3,(H,19,21). The molecule has 0 aromatic heterocycles. The molecule has 0 spiro atoms. The Kier molecular flexibility index (Phi) is 7.62. The molecule has 6 nitrogen and oxygen atoms in total. The van der Waals surface area contributed by atoms with Gasteiger partial charge < -0.3 is 19.5 Å². The molecule has 24 heavy (non-hydrogen) atoms. The van der Waals surface area contributed by atoms with E-state index in [0.717, 1.165) is 18.5 Å². The fourth-order valence-corrected chi connectivity index (χ4v) is 2.80. The Morgan fingerprint density at radius 3 is 2.96 bits per heavy atom. The summed E-state index contributed by atoms with van der Waals surface area (Å²) in [4.78, 5) is 13.9. The zero-order valence-corrected chi connectivity index (χ0v) is 15.0. The van der Waals surface area contributed by atoms with Crippen molar-refractivity contribution in [1.29, 1.82) is 0 Å². The molecule has 0 radical (unpaired) electrons. The van der Waals surface area contributed by atoms with Gasteiger partial charge in [0.25, 0.3) is 0 Å². The van der Waals surface area contributed by atoms with Gasteiger partial charge in [0.15, 0.2) is 11.5 Å². The maximum atomic E-state index is 11.9. The van der Waals surface area contributed by atoms with Gasteiger partial charge in [0.05, 0.1) is 11.6 Å². The third-order valence-corrected chi connectivity index (χ3v) is 3.98. The zero-order valence-electron chi connectivity index (χ0n) is 14.3. The van der Waals surface area contributed by atoms with E-state index < -0.39 is 0 Å². The summed E-state index contributed by atoms with van der Waals surface area (Å²) in [6.45, 7) is 3.52. The van der Waals surface area contributed by atoms with Gasteiger partial charge in [-0.25, -0.2) is 0 Å². The molecule has 1 heterocycles. The molecule has 1 aromatic rings. The van der Waals surface area contributed by atoms with Gasteiger partial charge in [0.2, 0.25) is 5.91 Å². The van der Waals surface area contributed by atoms with Gasteiger partial charge >= 0.3 is 0 Å². The Bertz CT molecular complexity index is 554. The van der Waals surface area contributed by atoms with E-state index in [0.29, 0.717) is 55.9 Å². The zero-order chi connectivity index (χ0) is 17.4. The number of nitrogens with zero attached hydrogens (tertiary/aromatic N) is 1. The lowest BCUT2D eigenvalue weighted by Crippen LogP contribution is -2.36. The number of hydrogen-bond donors (Lipinski definition) is 1. The third-order valence-electron chi connectivity index (χ3n) is 3.69. The Morgan fingerprint density at radius 1 is 1.38 bits per heavy atom. The molecular weight excluding hydrogens is 332 g/mol. The van der Waals surface area contributed by atoms with Gasteiger partial charge in [-0.1, -0.05) is 11.6 Å². The molecule has 7 heteroatoms. The SMILES string of the molecule is COCCCN(C)CC(=O)NCCc1cc(Cl)c2c(c1)OCCO2. The molecule has 0 saturated carbocycles. The number of fused-ring (bicyclic) bond motifs is 1. The van der Waals surface area contributed by atoms with Gasteiger partial charge in [-0.3, -0.25) is 9.69 Å². The second kappa shape index (κ2) is 9.71. The van der Waals surface area contributed by atoms with E-state index in [-0.39, 0.29) is 5.91 Å². The number of benzene rings is 1. The Labute approximate surface area is 148 Å². The predicted molar refractivity (Wildman–Crippen MR) is 93.1 cm³/mol. The normalized spacial score (nSPS) is 13.2. The Morgan fingerprint density at radius 2 is 2.17 bits per heavy atom. The summed E-state index contributed by atoms with van der Waals surface area (Å²) in [7, 11) is 3.60. The number of carbonyl (C=O) groups is 1. The monoisotopic (exact) mass is 356 g/mol. The van der Waals surface area contributed by atoms with E-state index in [4.69, 9.17) is 25.8 Å². The van der Waals surface area contributed by atoms with E-state index in [2.05, 4.69) is 5.32 Å². The van der Waals surface area contributed by atoms with Crippen LogP contribution in [0.1, 0.15) is 12.0 Å². The minimum Gasteiger partial charge on any atom is -0.486 e. The molecule has 0 bridgehead atoms. The topological polar surface area (TPSA) is 60.0 Å². The van der Waals surface area contributed by atoms with Gasteiger partial charge in [-0.2, -0.15) is 0 Å². The maximum Gasteiger partial charge on any atom is 0.234 e. The number of amides is 1. The van der Waals surface area contributed by atoms with Gasteiger partial charge in [-0.15, -0.1) is 0 Å². The van der Waals surface area contributed by atoms with E-state index in [1.807, 2.05) is 24.1 Å². The summed E-state index contributed by atoms with van der Waals surface area (Å²) in [6, 6.07) is 3.78. The average molecular weight is 357 g/mol. The van der Waals surface area contributed by atoms with Crippen molar-refractivity contribution in [3.63, 3.8) is 0 Å². The minimum absolute atomic E-state index is 0.0126. The van der Waals surface area contributed by atoms with Crippen molar-refractivity contribution < 1.29 is 19.0 Å². The summed E-state index contributed by atoms with van der Waals surface area (Å²) in [5.74, 6) is 1.29. The highest BCUT2D eigenvalue weighted by Crippen LogP contribution is 2.38. The van der Waals surface area contributed by atoms with E-state index in [1.54, 1.807) is 7.11 Å². The molecule has 1 aromatic carbocycles. The molecule has 0 aliphatic carbocycles. The van der Waals surface area contributed by atoms with Crippen LogP contribution in [0.25, 0.3) is 0 Å². The molecule has 0 unspecified atom stereocenters. The molecule has 1 N–H and O–H groups in total. The number of carbonyl (C=O) groups excluding carboxylic acids is 1. The highest BCUT2D eigenvalue weighted by molar-refractivity contribution is 6.32. The fourth-order valence-electron chi connectivity index (χ4n) is 2.51. The minimum atomic E-state index is 0.0126. The summed E-state index contributed by atoms with van der Waals surface area (Å²) in [5.41, 5.74) is 1.01. The molecule has 0 atom stereocenters. The van der Waals surface area contributed by atoms with Crippen molar-refractivity contribution >= 4 is 17.5 Å². The lowest BCUT2D eigenvalue weighted by Gasteiger charge is -2.20. The summed E-state index contributed by atoms with van der Waals surface area (Å²) >= 11 is 6.21. The van der Waals surface area contributed by atoms with Crippen molar-refractivity contribution in [3.05, 3.63) is 22.7 Å². The lowest BCUT2D eigenvalue weighted by atomic mass is 10.1. The average Bonchev–Trinajstić information content (AvgIpc) is 2.55. The van der Waals surface area contributed by atoms with Crippen LogP contribution in [0.15, 0.2) is 12.1 Å². The van der Waals surface area contributed by atoms with Crippen molar-refractivity contribution in [2.45, 2.75) is 12.8 Å². The van der Waals surface area contributed by atoms with Crippen LogP contribution in [0.4, 0.5) is 0 Å². The fraction of sp³-hybridized carbons (Fsp3) is 0.588. The molecule has 134 valence electrons. The van der Waals surface area contributed by atoms with Crippen LogP contribution in [0.3, 0.4) is 0 Å². The van der Waals surface area contributed by atoms with Gasteiger partial charge in [0, 0.05) is 26.8 Å². The smallest absolute Gasteiger partial charge is 0.234 e. The van der Waals surface area contributed by atoms with Crippen molar-refractivity contribution in [1.82, 2.24) is 10.2 Å². The van der Waals surface area contributed by atoms with Crippen LogP contribution in [0.2, 0.25) is 5.02 Å². The number of likely N-dealkylation sites (N-methyl/N-ethyl adjacent to an activating group) is 1. The van der Waals surface area contributed by atoms with Crippen LogP contribution in [-0.2, 0) is 16.0 Å². The van der Waals surface area contributed by atoms with Crippen LogP contribution < -0.4 is 14.8 Å². The van der Waals surface area contributed by atoms with Crippen LogP contribution in [-0.4, -0.2) is 64.4 Å². The van der Waals surface area contributed by atoms with Crippen molar-refractivity contribution in [3.8, 4) is 11.5 Å². The molecule has 1 aliphatic rings. The molecule has 0 fully saturated rings. The lowest BCUT2D eigenvalue weighted by molar-refractivity contribution is -0.121.